The number of carbonyl (C=O) groups is 1. The first-order chi connectivity index (χ1) is 13.4. The van der Waals surface area contributed by atoms with Crippen LogP contribution in [0.25, 0.3) is 0 Å². The molecule has 0 bridgehead atoms. The fraction of sp³-hybridized carbons (Fsp3) is 0.143. The Balaban J connectivity index is 1.69. The van der Waals surface area contributed by atoms with Gasteiger partial charge in [-0.05, 0) is 55.1 Å². The predicted octanol–water partition coefficient (Wildman–Crippen LogP) is 3.87. The SMILES string of the molecule is CSc1ccc(CNC(=O)c2ccc(S(=O)(=O)c3ccc(C)cc3)nc2)cc1. The number of benzene rings is 2. The predicted molar refractivity (Wildman–Crippen MR) is 110 cm³/mol. The van der Waals surface area contributed by atoms with E-state index in [1.165, 1.54) is 18.3 Å². The summed E-state index contributed by atoms with van der Waals surface area (Å²) in [6.07, 6.45) is 3.29. The Labute approximate surface area is 169 Å². The smallest absolute Gasteiger partial charge is 0.253 e. The fourth-order valence-electron chi connectivity index (χ4n) is 2.54. The normalized spacial score (nSPS) is 11.2. The van der Waals surface area contributed by atoms with Crippen LogP contribution in [0.4, 0.5) is 0 Å². The largest absolute Gasteiger partial charge is 0.348 e. The zero-order chi connectivity index (χ0) is 20.1. The molecule has 0 spiro atoms. The van der Waals surface area contributed by atoms with Crippen molar-refractivity contribution in [3.05, 3.63) is 83.6 Å². The third-order valence-electron chi connectivity index (χ3n) is 4.22. The molecular formula is C21H20N2O3S2. The molecule has 7 heteroatoms. The van der Waals surface area contributed by atoms with Crippen molar-refractivity contribution in [1.82, 2.24) is 10.3 Å². The van der Waals surface area contributed by atoms with Crippen LogP contribution in [0.2, 0.25) is 0 Å². The molecule has 0 atom stereocenters. The Hall–Kier alpha value is -2.64. The molecule has 0 radical (unpaired) electrons. The van der Waals surface area contributed by atoms with Gasteiger partial charge in [0.05, 0.1) is 10.5 Å². The number of hydrogen-bond donors (Lipinski definition) is 1. The van der Waals surface area contributed by atoms with Crippen molar-refractivity contribution in [2.24, 2.45) is 0 Å². The zero-order valence-corrected chi connectivity index (χ0v) is 17.2. The van der Waals surface area contributed by atoms with E-state index in [9.17, 15) is 13.2 Å². The second-order valence-corrected chi connectivity index (χ2v) is 9.01. The Morgan fingerprint density at radius 1 is 1.00 bits per heavy atom. The van der Waals surface area contributed by atoms with Gasteiger partial charge in [-0.15, -0.1) is 11.8 Å². The molecule has 2 aromatic carbocycles. The molecule has 0 aliphatic heterocycles. The van der Waals surface area contributed by atoms with Gasteiger partial charge in [0.2, 0.25) is 9.84 Å². The number of hydrogen-bond acceptors (Lipinski definition) is 5. The molecule has 144 valence electrons. The Morgan fingerprint density at radius 3 is 2.25 bits per heavy atom. The summed E-state index contributed by atoms with van der Waals surface area (Å²) in [4.78, 5) is 17.6. The monoisotopic (exact) mass is 412 g/mol. The molecule has 0 saturated heterocycles. The standard InChI is InChI=1S/C21H20N2O3S2/c1-15-3-10-19(11-4-15)28(25,26)20-12-7-17(14-22-20)21(24)23-13-16-5-8-18(27-2)9-6-16/h3-12,14H,13H2,1-2H3,(H,23,24). The third kappa shape index (κ3) is 4.61. The zero-order valence-electron chi connectivity index (χ0n) is 15.5. The van der Waals surface area contributed by atoms with Gasteiger partial charge in [-0.1, -0.05) is 29.8 Å². The minimum atomic E-state index is -3.70. The molecule has 28 heavy (non-hydrogen) atoms. The molecule has 0 unspecified atom stereocenters. The van der Waals surface area contributed by atoms with Crippen LogP contribution >= 0.6 is 11.8 Å². The lowest BCUT2D eigenvalue weighted by Gasteiger charge is -2.07. The molecule has 5 nitrogen and oxygen atoms in total. The van der Waals surface area contributed by atoms with Crippen LogP contribution in [0.5, 0.6) is 0 Å². The third-order valence-corrected chi connectivity index (χ3v) is 6.65. The average molecular weight is 413 g/mol. The first kappa shape index (κ1) is 20.1. The van der Waals surface area contributed by atoms with Gasteiger partial charge in [0, 0.05) is 17.6 Å². The van der Waals surface area contributed by atoms with Crippen molar-refractivity contribution in [3.63, 3.8) is 0 Å². The van der Waals surface area contributed by atoms with Gasteiger partial charge in [0.1, 0.15) is 0 Å². The molecule has 1 heterocycles. The molecule has 1 N–H and O–H groups in total. The highest BCUT2D eigenvalue weighted by Gasteiger charge is 2.19. The number of amides is 1. The van der Waals surface area contributed by atoms with E-state index in [1.807, 2.05) is 37.4 Å². The molecule has 1 amide bonds. The van der Waals surface area contributed by atoms with Gasteiger partial charge in [-0.2, -0.15) is 0 Å². The van der Waals surface area contributed by atoms with Crippen molar-refractivity contribution in [2.75, 3.05) is 6.26 Å². The quantitative estimate of drug-likeness (QED) is 0.622. The summed E-state index contributed by atoms with van der Waals surface area (Å²) in [5, 5.41) is 2.73. The highest BCUT2D eigenvalue weighted by Crippen LogP contribution is 2.19. The lowest BCUT2D eigenvalue weighted by molar-refractivity contribution is 0.0950. The van der Waals surface area contributed by atoms with E-state index >= 15 is 0 Å². The first-order valence-electron chi connectivity index (χ1n) is 8.59. The second kappa shape index (κ2) is 8.58. The Kier molecular flexibility index (Phi) is 6.16. The number of rotatable bonds is 6. The van der Waals surface area contributed by atoms with Crippen LogP contribution in [-0.4, -0.2) is 25.6 Å². The van der Waals surface area contributed by atoms with Crippen molar-refractivity contribution in [3.8, 4) is 0 Å². The van der Waals surface area contributed by atoms with Gasteiger partial charge >= 0.3 is 0 Å². The summed E-state index contributed by atoms with van der Waals surface area (Å²) in [7, 11) is -3.70. The van der Waals surface area contributed by atoms with Crippen molar-refractivity contribution in [2.45, 2.75) is 28.3 Å². The lowest BCUT2D eigenvalue weighted by atomic mass is 10.2. The van der Waals surface area contributed by atoms with Crippen LogP contribution in [0, 0.1) is 6.92 Å². The van der Waals surface area contributed by atoms with E-state index in [4.69, 9.17) is 0 Å². The number of aryl methyl sites for hydroxylation is 1. The Bertz CT molecular complexity index is 1060. The molecule has 1 aromatic heterocycles. The average Bonchev–Trinajstić information content (AvgIpc) is 2.73. The number of nitrogens with one attached hydrogen (secondary N) is 1. The van der Waals surface area contributed by atoms with Crippen LogP contribution in [0.1, 0.15) is 21.5 Å². The van der Waals surface area contributed by atoms with E-state index in [-0.39, 0.29) is 15.8 Å². The summed E-state index contributed by atoms with van der Waals surface area (Å²) in [6, 6.07) is 17.3. The number of aromatic nitrogens is 1. The molecule has 0 fully saturated rings. The molecule has 0 saturated carbocycles. The van der Waals surface area contributed by atoms with Crippen LogP contribution in [0.3, 0.4) is 0 Å². The minimum absolute atomic E-state index is 0.0828. The minimum Gasteiger partial charge on any atom is -0.348 e. The van der Waals surface area contributed by atoms with E-state index in [0.29, 0.717) is 12.1 Å². The summed E-state index contributed by atoms with van der Waals surface area (Å²) < 4.78 is 25.2. The summed E-state index contributed by atoms with van der Waals surface area (Å²) in [5.41, 5.74) is 2.27. The summed E-state index contributed by atoms with van der Waals surface area (Å²) >= 11 is 1.66. The Morgan fingerprint density at radius 2 is 1.68 bits per heavy atom. The van der Waals surface area contributed by atoms with E-state index in [1.54, 1.807) is 36.0 Å². The van der Waals surface area contributed by atoms with E-state index in [0.717, 1.165) is 16.0 Å². The number of nitrogens with zero attached hydrogens (tertiary/aromatic N) is 1. The topological polar surface area (TPSA) is 76.1 Å². The van der Waals surface area contributed by atoms with Crippen LogP contribution in [-0.2, 0) is 16.4 Å². The number of sulfone groups is 1. The van der Waals surface area contributed by atoms with Gasteiger partial charge < -0.3 is 5.32 Å². The number of thioether (sulfide) groups is 1. The van der Waals surface area contributed by atoms with Gasteiger partial charge in [0.15, 0.2) is 5.03 Å². The fourth-order valence-corrected chi connectivity index (χ4v) is 4.12. The van der Waals surface area contributed by atoms with Gasteiger partial charge in [-0.25, -0.2) is 13.4 Å². The van der Waals surface area contributed by atoms with E-state index in [2.05, 4.69) is 10.3 Å². The van der Waals surface area contributed by atoms with Crippen molar-refractivity contribution >= 4 is 27.5 Å². The summed E-state index contributed by atoms with van der Waals surface area (Å²) in [5.74, 6) is -0.305. The highest BCUT2D eigenvalue weighted by atomic mass is 32.2. The summed E-state index contributed by atoms with van der Waals surface area (Å²) in [6.45, 7) is 2.27. The number of pyridine rings is 1. The van der Waals surface area contributed by atoms with Crippen molar-refractivity contribution in [1.29, 1.82) is 0 Å². The number of carbonyl (C=O) groups excluding carboxylic acids is 1. The lowest BCUT2D eigenvalue weighted by Crippen LogP contribution is -2.23. The highest BCUT2D eigenvalue weighted by molar-refractivity contribution is 7.98. The maximum atomic E-state index is 12.6. The molecule has 0 aliphatic rings. The molecule has 0 aliphatic carbocycles. The van der Waals surface area contributed by atoms with E-state index < -0.39 is 9.84 Å². The van der Waals surface area contributed by atoms with Gasteiger partial charge in [0.25, 0.3) is 5.91 Å². The maximum absolute atomic E-state index is 12.6. The second-order valence-electron chi connectivity index (χ2n) is 6.23. The molecule has 3 rings (SSSR count). The van der Waals surface area contributed by atoms with Crippen LogP contribution < -0.4 is 5.32 Å². The van der Waals surface area contributed by atoms with Crippen molar-refractivity contribution < 1.29 is 13.2 Å². The van der Waals surface area contributed by atoms with Crippen LogP contribution in [0.15, 0.2) is 81.7 Å². The molecular weight excluding hydrogens is 392 g/mol. The first-order valence-corrected chi connectivity index (χ1v) is 11.3. The van der Waals surface area contributed by atoms with Gasteiger partial charge in [-0.3, -0.25) is 4.79 Å². The maximum Gasteiger partial charge on any atom is 0.253 e. The molecule has 3 aromatic rings.